The van der Waals surface area contributed by atoms with Crippen LogP contribution in [0.3, 0.4) is 0 Å². The molecule has 1 aliphatic heterocycles. The molecule has 2 aromatic rings. The number of nitrogens with zero attached hydrogens (tertiary/aromatic N) is 2. The molecule has 3 fully saturated rings. The molecule has 39 heavy (non-hydrogen) atoms. The van der Waals surface area contributed by atoms with Gasteiger partial charge in [0.1, 0.15) is 6.61 Å². The predicted octanol–water partition coefficient (Wildman–Crippen LogP) is 6.91. The van der Waals surface area contributed by atoms with E-state index < -0.39 is 5.97 Å². The Hall–Kier alpha value is -3.26. The van der Waals surface area contributed by atoms with Crippen LogP contribution in [0.25, 0.3) is 6.08 Å². The molecule has 5 rings (SSSR count). The molecule has 1 heterocycles. The van der Waals surface area contributed by atoms with E-state index in [-0.39, 0.29) is 24.1 Å². The summed E-state index contributed by atoms with van der Waals surface area (Å²) in [5.74, 6) is 0.255. The van der Waals surface area contributed by atoms with Crippen molar-refractivity contribution >= 4 is 34.9 Å². The fraction of sp³-hybridized carbons (Fsp3) is 0.452. The van der Waals surface area contributed by atoms with E-state index in [0.717, 1.165) is 54.8 Å². The number of amidine groups is 1. The number of hydrogen-bond acceptors (Lipinski definition) is 6. The third-order valence-electron chi connectivity index (χ3n) is 7.73. The van der Waals surface area contributed by atoms with Gasteiger partial charge in [0.05, 0.1) is 23.6 Å². The second-order valence-corrected chi connectivity index (χ2v) is 11.5. The number of carbonyl (C=O) groups is 2. The van der Waals surface area contributed by atoms with Crippen LogP contribution in [0.1, 0.15) is 85.7 Å². The topological polar surface area (TPSA) is 88.4 Å². The average Bonchev–Trinajstić information content (AvgIpc) is 3.27. The summed E-state index contributed by atoms with van der Waals surface area (Å²) in [4.78, 5) is 32.6. The molecule has 7 nitrogen and oxygen atoms in total. The highest BCUT2D eigenvalue weighted by Crippen LogP contribution is 2.39. The molecule has 0 spiro atoms. The molecule has 1 amide bonds. The van der Waals surface area contributed by atoms with E-state index >= 15 is 0 Å². The molecule has 0 atom stereocenters. The summed E-state index contributed by atoms with van der Waals surface area (Å²) in [5.41, 5.74) is 1.96. The van der Waals surface area contributed by atoms with Gasteiger partial charge in [-0.1, -0.05) is 56.7 Å². The zero-order valence-electron chi connectivity index (χ0n) is 22.4. The molecule has 8 heteroatoms. The summed E-state index contributed by atoms with van der Waals surface area (Å²) in [6.07, 6.45) is 13.5. The van der Waals surface area contributed by atoms with Crippen LogP contribution in [0.15, 0.2) is 52.4 Å². The smallest absolute Gasteiger partial charge is 0.335 e. The van der Waals surface area contributed by atoms with Crippen LogP contribution in [0.2, 0.25) is 0 Å². The fourth-order valence-corrected chi connectivity index (χ4v) is 6.66. The molecule has 0 radical (unpaired) electrons. The lowest BCUT2D eigenvalue weighted by molar-refractivity contribution is -0.124. The van der Waals surface area contributed by atoms with Gasteiger partial charge in [0, 0.05) is 6.04 Å². The van der Waals surface area contributed by atoms with Crippen LogP contribution >= 0.6 is 11.8 Å². The van der Waals surface area contributed by atoms with Gasteiger partial charge < -0.3 is 14.6 Å². The lowest BCUT2D eigenvalue weighted by atomic mass is 9.94. The van der Waals surface area contributed by atoms with Gasteiger partial charge in [0.2, 0.25) is 0 Å². The quantitative estimate of drug-likeness (QED) is 0.361. The molecular formula is C31H36N2O5S. The standard InChI is InChI=1S/C31H36N2O5S/c1-37-27-18-22(14-17-26(27)38-20-21-12-15-23(16-13-21)30(35)36)19-28-29(34)33(25-10-6-3-7-11-25)31(39-28)32-24-8-4-2-5-9-24/h12-19,24-25H,2-11,20H2,1H3,(H,35,36). The fourth-order valence-electron chi connectivity index (χ4n) is 5.55. The Morgan fingerprint density at radius 2 is 1.69 bits per heavy atom. The van der Waals surface area contributed by atoms with Crippen molar-refractivity contribution in [2.24, 2.45) is 4.99 Å². The zero-order chi connectivity index (χ0) is 27.2. The van der Waals surface area contributed by atoms with Crippen molar-refractivity contribution in [1.82, 2.24) is 4.90 Å². The highest BCUT2D eigenvalue weighted by molar-refractivity contribution is 8.18. The Kier molecular flexibility index (Phi) is 8.91. The third kappa shape index (κ3) is 6.67. The minimum Gasteiger partial charge on any atom is -0.493 e. The van der Waals surface area contributed by atoms with Gasteiger partial charge in [0.15, 0.2) is 16.7 Å². The normalized spacial score (nSPS) is 21.1. The number of benzene rings is 2. The summed E-state index contributed by atoms with van der Waals surface area (Å²) in [6.45, 7) is 0.280. The Labute approximate surface area is 234 Å². The summed E-state index contributed by atoms with van der Waals surface area (Å²) in [5, 5.41) is 9.96. The number of aliphatic imine (C=N–C) groups is 1. The second-order valence-electron chi connectivity index (χ2n) is 10.5. The number of rotatable bonds is 8. The molecule has 1 saturated heterocycles. The number of carbonyl (C=O) groups excluding carboxylic acids is 1. The maximum Gasteiger partial charge on any atom is 0.335 e. The van der Waals surface area contributed by atoms with E-state index in [1.165, 1.54) is 37.4 Å². The Morgan fingerprint density at radius 3 is 2.36 bits per heavy atom. The summed E-state index contributed by atoms with van der Waals surface area (Å²) in [7, 11) is 1.59. The van der Waals surface area contributed by atoms with Crippen LogP contribution < -0.4 is 9.47 Å². The summed E-state index contributed by atoms with van der Waals surface area (Å²) in [6, 6.07) is 12.8. The van der Waals surface area contributed by atoms with E-state index in [1.54, 1.807) is 31.4 Å². The molecule has 1 N–H and O–H groups in total. The molecule has 2 aromatic carbocycles. The van der Waals surface area contributed by atoms with Crippen molar-refractivity contribution in [1.29, 1.82) is 0 Å². The van der Waals surface area contributed by atoms with E-state index in [2.05, 4.69) is 0 Å². The van der Waals surface area contributed by atoms with Crippen LogP contribution in [-0.4, -0.2) is 46.2 Å². The molecule has 0 aromatic heterocycles. The minimum absolute atomic E-state index is 0.0607. The van der Waals surface area contributed by atoms with Gasteiger partial charge in [-0.2, -0.15) is 0 Å². The maximum atomic E-state index is 13.7. The molecule has 206 valence electrons. The monoisotopic (exact) mass is 548 g/mol. The number of ether oxygens (including phenoxy) is 2. The van der Waals surface area contributed by atoms with Crippen LogP contribution in [0, 0.1) is 0 Å². The maximum absolute atomic E-state index is 13.7. The summed E-state index contributed by atoms with van der Waals surface area (Å²) < 4.78 is 11.6. The zero-order valence-corrected chi connectivity index (χ0v) is 23.3. The largest absolute Gasteiger partial charge is 0.493 e. The Balaban J connectivity index is 1.33. The van der Waals surface area contributed by atoms with Crippen LogP contribution in [0.4, 0.5) is 0 Å². The molecule has 0 bridgehead atoms. The number of aromatic carboxylic acids is 1. The first-order valence-corrected chi connectivity index (χ1v) is 14.8. The van der Waals surface area contributed by atoms with Gasteiger partial charge in [-0.15, -0.1) is 0 Å². The van der Waals surface area contributed by atoms with Gasteiger partial charge in [-0.05, 0) is 78.9 Å². The van der Waals surface area contributed by atoms with Gasteiger partial charge in [-0.3, -0.25) is 14.7 Å². The number of carboxylic acids is 1. The lowest BCUT2D eigenvalue weighted by Crippen LogP contribution is -2.41. The molecule has 2 aliphatic carbocycles. The lowest BCUT2D eigenvalue weighted by Gasteiger charge is -2.31. The second kappa shape index (κ2) is 12.7. The number of amides is 1. The first-order valence-electron chi connectivity index (χ1n) is 14.0. The van der Waals surface area contributed by atoms with E-state index in [1.807, 2.05) is 29.2 Å². The first kappa shape index (κ1) is 27.3. The van der Waals surface area contributed by atoms with E-state index in [4.69, 9.17) is 19.6 Å². The van der Waals surface area contributed by atoms with E-state index in [9.17, 15) is 9.59 Å². The number of hydrogen-bond donors (Lipinski definition) is 1. The van der Waals surface area contributed by atoms with Crippen LogP contribution in [0.5, 0.6) is 11.5 Å². The first-order chi connectivity index (χ1) is 19.0. The molecular weight excluding hydrogens is 512 g/mol. The van der Waals surface area contributed by atoms with Crippen LogP contribution in [-0.2, 0) is 11.4 Å². The highest BCUT2D eigenvalue weighted by Gasteiger charge is 2.39. The van der Waals surface area contributed by atoms with Gasteiger partial charge >= 0.3 is 5.97 Å². The SMILES string of the molecule is COc1cc(C=C2SC(=NC3CCCCC3)N(C3CCCCC3)C2=O)ccc1OCc1ccc(C(=O)O)cc1. The highest BCUT2D eigenvalue weighted by atomic mass is 32.2. The molecule has 2 saturated carbocycles. The van der Waals surface area contributed by atoms with Crippen molar-refractivity contribution in [3.63, 3.8) is 0 Å². The van der Waals surface area contributed by atoms with Gasteiger partial charge in [0.25, 0.3) is 5.91 Å². The van der Waals surface area contributed by atoms with Crippen molar-refractivity contribution < 1.29 is 24.2 Å². The van der Waals surface area contributed by atoms with Crippen molar-refractivity contribution in [2.45, 2.75) is 82.9 Å². The Bertz CT molecular complexity index is 1240. The number of carboxylic acid groups (broad SMARTS) is 1. The molecule has 3 aliphatic rings. The average molecular weight is 549 g/mol. The number of thioether (sulfide) groups is 1. The predicted molar refractivity (Wildman–Crippen MR) is 154 cm³/mol. The third-order valence-corrected chi connectivity index (χ3v) is 8.72. The summed E-state index contributed by atoms with van der Waals surface area (Å²) >= 11 is 1.51. The van der Waals surface area contributed by atoms with Crippen molar-refractivity contribution in [3.05, 3.63) is 64.1 Å². The van der Waals surface area contributed by atoms with Crippen molar-refractivity contribution in [3.8, 4) is 11.5 Å². The number of methoxy groups -OCH3 is 1. The Morgan fingerprint density at radius 1 is 1.00 bits per heavy atom. The van der Waals surface area contributed by atoms with E-state index in [0.29, 0.717) is 22.4 Å². The van der Waals surface area contributed by atoms with Crippen molar-refractivity contribution in [2.75, 3.05) is 7.11 Å². The minimum atomic E-state index is -0.956. The molecule has 0 unspecified atom stereocenters. The van der Waals surface area contributed by atoms with Gasteiger partial charge in [-0.25, -0.2) is 4.79 Å².